The minimum Gasteiger partial charge on any atom is -0.282 e. The molecule has 0 aromatic rings. The molecule has 1 heterocycles. The summed E-state index contributed by atoms with van der Waals surface area (Å²) in [5.74, 6) is 0.786. The topological polar surface area (TPSA) is 37.4 Å². The van der Waals surface area contributed by atoms with E-state index in [-0.39, 0.29) is 22.6 Å². The fourth-order valence-corrected chi connectivity index (χ4v) is 3.81. The third-order valence-electron chi connectivity index (χ3n) is 4.60. The van der Waals surface area contributed by atoms with Crippen LogP contribution in [0.5, 0.6) is 0 Å². The average molecular weight is 283 g/mol. The van der Waals surface area contributed by atoms with Gasteiger partial charge < -0.3 is 0 Å². The summed E-state index contributed by atoms with van der Waals surface area (Å²) < 4.78 is 0. The highest BCUT2D eigenvalue weighted by atomic mass is 32.1. The van der Waals surface area contributed by atoms with Crippen molar-refractivity contribution in [3.8, 4) is 0 Å². The van der Waals surface area contributed by atoms with Gasteiger partial charge in [-0.3, -0.25) is 14.5 Å². The fraction of sp³-hybridized carbons (Fsp3) is 0.867. The van der Waals surface area contributed by atoms with E-state index in [1.165, 1.54) is 24.2 Å². The number of piperidine rings is 1. The van der Waals surface area contributed by atoms with Crippen molar-refractivity contribution in [2.75, 3.05) is 12.3 Å². The molecule has 0 atom stereocenters. The Bertz CT molecular complexity index is 352. The summed E-state index contributed by atoms with van der Waals surface area (Å²) in [6.07, 6.45) is 6.83. The Morgan fingerprint density at radius 1 is 1.05 bits per heavy atom. The molecule has 0 unspecified atom stereocenters. The lowest BCUT2D eigenvalue weighted by atomic mass is 9.74. The van der Waals surface area contributed by atoms with Crippen molar-refractivity contribution in [3.63, 3.8) is 0 Å². The number of amides is 2. The van der Waals surface area contributed by atoms with Gasteiger partial charge in [-0.1, -0.05) is 33.1 Å². The first kappa shape index (κ1) is 14.9. The normalized spacial score (nSPS) is 26.6. The quantitative estimate of drug-likeness (QED) is 0.638. The van der Waals surface area contributed by atoms with Crippen LogP contribution < -0.4 is 0 Å². The Labute approximate surface area is 121 Å². The Morgan fingerprint density at radius 2 is 1.58 bits per heavy atom. The monoisotopic (exact) mass is 283 g/mol. The number of rotatable bonds is 3. The summed E-state index contributed by atoms with van der Waals surface area (Å²) in [6.45, 7) is 4.58. The van der Waals surface area contributed by atoms with Crippen molar-refractivity contribution in [2.24, 2.45) is 10.8 Å². The molecule has 0 spiro atoms. The number of likely N-dealkylation sites (tertiary alicyclic amines) is 1. The van der Waals surface area contributed by atoms with Crippen LogP contribution in [-0.2, 0) is 9.59 Å². The van der Waals surface area contributed by atoms with Crippen molar-refractivity contribution >= 4 is 24.4 Å². The molecule has 3 nitrogen and oxygen atoms in total. The molecule has 2 rings (SSSR count). The van der Waals surface area contributed by atoms with Gasteiger partial charge in [0.05, 0.1) is 0 Å². The Hall–Kier alpha value is -0.510. The lowest BCUT2D eigenvalue weighted by molar-refractivity contribution is -0.154. The third-order valence-corrected chi connectivity index (χ3v) is 5.28. The zero-order valence-corrected chi connectivity index (χ0v) is 13.0. The van der Waals surface area contributed by atoms with Gasteiger partial charge in [0.15, 0.2) is 0 Å². The fourth-order valence-electron chi connectivity index (χ4n) is 3.39. The lowest BCUT2D eigenvalue weighted by Crippen LogP contribution is -2.51. The molecular weight excluding hydrogens is 258 g/mol. The van der Waals surface area contributed by atoms with Gasteiger partial charge >= 0.3 is 0 Å². The van der Waals surface area contributed by atoms with Crippen LogP contribution in [0, 0.1) is 10.8 Å². The summed E-state index contributed by atoms with van der Waals surface area (Å²) in [4.78, 5) is 26.0. The van der Waals surface area contributed by atoms with Crippen LogP contribution in [0.3, 0.4) is 0 Å². The smallest absolute Gasteiger partial charge is 0.229 e. The molecular formula is C15H25NO2S. The van der Waals surface area contributed by atoms with Gasteiger partial charge in [0.25, 0.3) is 0 Å². The molecule has 2 amide bonds. The first-order chi connectivity index (χ1) is 8.87. The van der Waals surface area contributed by atoms with E-state index in [9.17, 15) is 9.59 Å². The average Bonchev–Trinajstić information content (AvgIpc) is 2.34. The number of imide groups is 1. The first-order valence-corrected chi connectivity index (χ1v) is 7.95. The van der Waals surface area contributed by atoms with Crippen molar-refractivity contribution in [1.82, 2.24) is 4.90 Å². The number of hydrogen-bond donors (Lipinski definition) is 1. The standard InChI is InChI=1S/C15H25NO2S/c1-14(2)8-12(17)16(13(18)9-14)10-15(11-19)6-4-3-5-7-15/h19H,3-11H2,1-2H3. The number of carbonyl (C=O) groups excluding carboxylic acids is 2. The predicted octanol–water partition coefficient (Wildman–Crippen LogP) is 3.04. The summed E-state index contributed by atoms with van der Waals surface area (Å²) in [6, 6.07) is 0. The molecule has 19 heavy (non-hydrogen) atoms. The van der Waals surface area contributed by atoms with Crippen molar-refractivity contribution in [1.29, 1.82) is 0 Å². The second kappa shape index (κ2) is 5.47. The number of hydrogen-bond acceptors (Lipinski definition) is 3. The molecule has 1 saturated carbocycles. The van der Waals surface area contributed by atoms with Crippen LogP contribution in [-0.4, -0.2) is 29.0 Å². The van der Waals surface area contributed by atoms with E-state index in [2.05, 4.69) is 12.6 Å². The van der Waals surface area contributed by atoms with Gasteiger partial charge in [0, 0.05) is 19.4 Å². The minimum atomic E-state index is -0.175. The van der Waals surface area contributed by atoms with E-state index >= 15 is 0 Å². The zero-order chi connectivity index (χ0) is 14.1. The van der Waals surface area contributed by atoms with Crippen molar-refractivity contribution in [3.05, 3.63) is 0 Å². The zero-order valence-electron chi connectivity index (χ0n) is 12.1. The largest absolute Gasteiger partial charge is 0.282 e. The maximum Gasteiger partial charge on any atom is 0.229 e. The Kier molecular flexibility index (Phi) is 4.29. The molecule has 1 saturated heterocycles. The molecule has 108 valence electrons. The first-order valence-electron chi connectivity index (χ1n) is 7.32. The SMILES string of the molecule is CC1(C)CC(=O)N(CC2(CS)CCCCC2)C(=O)C1. The van der Waals surface area contributed by atoms with E-state index in [1.807, 2.05) is 13.8 Å². The second-order valence-corrected chi connectivity index (χ2v) is 7.43. The maximum absolute atomic E-state index is 12.2. The molecule has 0 aromatic heterocycles. The summed E-state index contributed by atoms with van der Waals surface area (Å²) in [5.41, 5.74) is -0.112. The Balaban J connectivity index is 2.09. The second-order valence-electron chi connectivity index (χ2n) is 7.11. The molecule has 0 N–H and O–H groups in total. The third kappa shape index (κ3) is 3.33. The molecule has 1 aliphatic carbocycles. The van der Waals surface area contributed by atoms with Crippen LogP contribution in [0.15, 0.2) is 0 Å². The lowest BCUT2D eigenvalue weighted by Gasteiger charge is -2.42. The highest BCUT2D eigenvalue weighted by molar-refractivity contribution is 7.80. The number of thiol groups is 1. The van der Waals surface area contributed by atoms with Gasteiger partial charge in [-0.25, -0.2) is 0 Å². The highest BCUT2D eigenvalue weighted by Crippen LogP contribution is 2.40. The summed E-state index contributed by atoms with van der Waals surface area (Å²) in [5, 5.41) is 0. The van der Waals surface area contributed by atoms with E-state index < -0.39 is 0 Å². The van der Waals surface area contributed by atoms with Gasteiger partial charge in [0.2, 0.25) is 11.8 Å². The van der Waals surface area contributed by atoms with Gasteiger partial charge in [-0.2, -0.15) is 12.6 Å². The molecule has 0 aromatic carbocycles. The number of carbonyl (C=O) groups is 2. The van der Waals surface area contributed by atoms with E-state index in [0.29, 0.717) is 19.4 Å². The Morgan fingerprint density at radius 3 is 2.05 bits per heavy atom. The van der Waals surface area contributed by atoms with Crippen molar-refractivity contribution < 1.29 is 9.59 Å². The van der Waals surface area contributed by atoms with Crippen LogP contribution in [0.4, 0.5) is 0 Å². The molecule has 4 heteroatoms. The summed E-state index contributed by atoms with van der Waals surface area (Å²) >= 11 is 4.49. The van der Waals surface area contributed by atoms with Crippen LogP contribution in [0.1, 0.15) is 58.8 Å². The summed E-state index contributed by atoms with van der Waals surface area (Å²) in [7, 11) is 0. The predicted molar refractivity (Wildman–Crippen MR) is 79.1 cm³/mol. The molecule has 1 aliphatic heterocycles. The van der Waals surface area contributed by atoms with Crippen LogP contribution in [0.25, 0.3) is 0 Å². The maximum atomic E-state index is 12.2. The van der Waals surface area contributed by atoms with E-state index in [4.69, 9.17) is 0 Å². The van der Waals surface area contributed by atoms with Crippen LogP contribution >= 0.6 is 12.6 Å². The molecule has 0 radical (unpaired) electrons. The van der Waals surface area contributed by atoms with Gasteiger partial charge in [-0.15, -0.1) is 0 Å². The molecule has 2 aliphatic rings. The van der Waals surface area contributed by atoms with E-state index in [0.717, 1.165) is 18.6 Å². The minimum absolute atomic E-state index is 0.00739. The molecule has 0 bridgehead atoms. The highest BCUT2D eigenvalue weighted by Gasteiger charge is 2.42. The van der Waals surface area contributed by atoms with Gasteiger partial charge in [0.1, 0.15) is 0 Å². The van der Waals surface area contributed by atoms with E-state index in [1.54, 1.807) is 0 Å². The van der Waals surface area contributed by atoms with Gasteiger partial charge in [-0.05, 0) is 29.4 Å². The number of nitrogens with zero attached hydrogens (tertiary/aromatic N) is 1. The molecule has 2 fully saturated rings. The van der Waals surface area contributed by atoms with Crippen LogP contribution in [0.2, 0.25) is 0 Å². The van der Waals surface area contributed by atoms with Crippen molar-refractivity contribution in [2.45, 2.75) is 58.8 Å².